The van der Waals surface area contributed by atoms with Gasteiger partial charge < -0.3 is 19.6 Å². The van der Waals surface area contributed by atoms with Gasteiger partial charge in [0.15, 0.2) is 0 Å². The minimum Gasteiger partial charge on any atom is -0.497 e. The van der Waals surface area contributed by atoms with E-state index in [2.05, 4.69) is 20.6 Å². The van der Waals surface area contributed by atoms with Crippen LogP contribution in [0.2, 0.25) is 0 Å². The molecule has 164 valence electrons. The van der Waals surface area contributed by atoms with Crippen LogP contribution in [0.3, 0.4) is 0 Å². The zero-order chi connectivity index (χ0) is 21.7. The Kier molecular flexibility index (Phi) is 4.39. The molecule has 1 saturated carbocycles. The molecule has 9 heteroatoms. The summed E-state index contributed by atoms with van der Waals surface area (Å²) in [6.45, 7) is 1.88. The molecular formula is C23H24N6O3. The molecule has 1 saturated heterocycles. The van der Waals surface area contributed by atoms with E-state index >= 15 is 0 Å². The topological polar surface area (TPSA) is 110 Å². The molecule has 3 aromatic heterocycles. The predicted molar refractivity (Wildman–Crippen MR) is 117 cm³/mol. The first-order valence-electron chi connectivity index (χ1n) is 11.0. The normalized spacial score (nSPS) is 18.2. The number of methoxy groups -OCH3 is 1. The lowest BCUT2D eigenvalue weighted by molar-refractivity contribution is 0.360. The monoisotopic (exact) mass is 432 g/mol. The molecule has 0 atom stereocenters. The number of hydrogen-bond acceptors (Lipinski definition) is 7. The molecule has 2 aliphatic rings. The van der Waals surface area contributed by atoms with Crippen LogP contribution in [0.25, 0.3) is 17.0 Å². The number of hydrogen-bond donors (Lipinski definition) is 2. The molecule has 0 bridgehead atoms. The van der Waals surface area contributed by atoms with Gasteiger partial charge in [0, 0.05) is 12.0 Å². The van der Waals surface area contributed by atoms with Gasteiger partial charge in [-0.15, -0.1) is 0 Å². The van der Waals surface area contributed by atoms with Crippen molar-refractivity contribution in [3.05, 3.63) is 64.0 Å². The highest BCUT2D eigenvalue weighted by Gasteiger charge is 2.51. The van der Waals surface area contributed by atoms with Crippen molar-refractivity contribution in [1.29, 1.82) is 0 Å². The Morgan fingerprint density at radius 1 is 1.19 bits per heavy atom. The standard InChI is InChI=1S/C23H24N6O3/c1-31-16-4-2-15(3-5-16)23(8-9-23)22-27-20(28-32-22)17-13-25-29-18(12-19(30)26-21(17)29)14-6-10-24-11-7-14/h2-5,12-14,24H,6-11H2,1H3,(H,26,30). The lowest BCUT2D eigenvalue weighted by Crippen LogP contribution is -2.28. The van der Waals surface area contributed by atoms with Gasteiger partial charge in [-0.2, -0.15) is 10.1 Å². The minimum absolute atomic E-state index is 0.145. The summed E-state index contributed by atoms with van der Waals surface area (Å²) in [5.74, 6) is 2.14. The Hall–Kier alpha value is -3.46. The second-order valence-electron chi connectivity index (χ2n) is 8.64. The van der Waals surface area contributed by atoms with E-state index in [4.69, 9.17) is 14.2 Å². The van der Waals surface area contributed by atoms with Crippen LogP contribution in [0.1, 0.15) is 48.7 Å². The first-order chi connectivity index (χ1) is 15.7. The Bertz CT molecular complexity index is 1330. The first-order valence-corrected chi connectivity index (χ1v) is 11.0. The molecule has 0 spiro atoms. The van der Waals surface area contributed by atoms with E-state index in [1.807, 2.05) is 28.8 Å². The molecule has 9 nitrogen and oxygen atoms in total. The molecule has 1 aliphatic carbocycles. The third-order valence-electron chi connectivity index (χ3n) is 6.76. The van der Waals surface area contributed by atoms with Gasteiger partial charge in [-0.3, -0.25) is 4.79 Å². The first kappa shape index (κ1) is 19.2. The van der Waals surface area contributed by atoms with E-state index in [0.717, 1.165) is 55.8 Å². The summed E-state index contributed by atoms with van der Waals surface area (Å²) in [5.41, 5.74) is 2.93. The third-order valence-corrected chi connectivity index (χ3v) is 6.76. The van der Waals surface area contributed by atoms with Crippen molar-refractivity contribution in [2.75, 3.05) is 20.2 Å². The highest BCUT2D eigenvalue weighted by molar-refractivity contribution is 5.72. The van der Waals surface area contributed by atoms with Gasteiger partial charge in [0.05, 0.1) is 30.0 Å². The van der Waals surface area contributed by atoms with Crippen LogP contribution in [0.15, 0.2) is 45.8 Å². The van der Waals surface area contributed by atoms with Crippen molar-refractivity contribution in [3.63, 3.8) is 0 Å². The maximum atomic E-state index is 12.5. The number of H-pyrrole nitrogens is 1. The van der Waals surface area contributed by atoms with E-state index in [1.165, 1.54) is 0 Å². The molecule has 32 heavy (non-hydrogen) atoms. The fourth-order valence-electron chi connectivity index (χ4n) is 4.77. The lowest BCUT2D eigenvalue weighted by atomic mass is 9.94. The van der Waals surface area contributed by atoms with E-state index in [9.17, 15) is 4.79 Å². The number of nitrogens with one attached hydrogen (secondary N) is 2. The average Bonchev–Trinajstić information content (AvgIpc) is 3.30. The van der Waals surface area contributed by atoms with Crippen molar-refractivity contribution in [1.82, 2.24) is 30.1 Å². The zero-order valence-electron chi connectivity index (χ0n) is 17.8. The number of nitrogens with zero attached hydrogens (tertiary/aromatic N) is 4. The van der Waals surface area contributed by atoms with Crippen LogP contribution in [0.4, 0.5) is 0 Å². The van der Waals surface area contributed by atoms with E-state index < -0.39 is 0 Å². The van der Waals surface area contributed by atoms with E-state index in [-0.39, 0.29) is 11.0 Å². The van der Waals surface area contributed by atoms with Gasteiger partial charge in [0.1, 0.15) is 11.4 Å². The number of ether oxygens (including phenoxy) is 1. The average molecular weight is 432 g/mol. The zero-order valence-corrected chi connectivity index (χ0v) is 17.8. The molecule has 6 rings (SSSR count). The van der Waals surface area contributed by atoms with Crippen molar-refractivity contribution < 1.29 is 9.26 Å². The Labute approximate surface area is 183 Å². The van der Waals surface area contributed by atoms with Crippen LogP contribution >= 0.6 is 0 Å². The summed E-state index contributed by atoms with van der Waals surface area (Å²) in [7, 11) is 1.66. The molecule has 0 unspecified atom stereocenters. The van der Waals surface area contributed by atoms with Crippen LogP contribution in [-0.2, 0) is 5.41 Å². The smallest absolute Gasteiger partial charge is 0.251 e. The van der Waals surface area contributed by atoms with Crippen LogP contribution in [0, 0.1) is 0 Å². The molecule has 1 aliphatic heterocycles. The summed E-state index contributed by atoms with van der Waals surface area (Å²) >= 11 is 0. The number of fused-ring (bicyclic) bond motifs is 1. The molecular weight excluding hydrogens is 408 g/mol. The molecule has 4 aromatic rings. The van der Waals surface area contributed by atoms with Crippen molar-refractivity contribution >= 4 is 5.65 Å². The van der Waals surface area contributed by atoms with Crippen LogP contribution in [0.5, 0.6) is 5.75 Å². The summed E-state index contributed by atoms with van der Waals surface area (Å²) < 4.78 is 12.8. The fraction of sp³-hybridized carbons (Fsp3) is 0.391. The van der Waals surface area contributed by atoms with Gasteiger partial charge in [0.25, 0.3) is 5.56 Å². The van der Waals surface area contributed by atoms with Crippen molar-refractivity contribution in [2.45, 2.75) is 37.0 Å². The molecule has 0 amide bonds. The van der Waals surface area contributed by atoms with Gasteiger partial charge in [-0.25, -0.2) is 4.52 Å². The second-order valence-corrected chi connectivity index (χ2v) is 8.64. The summed E-state index contributed by atoms with van der Waals surface area (Å²) in [4.78, 5) is 20.1. The van der Waals surface area contributed by atoms with Gasteiger partial charge in [-0.05, 0) is 56.5 Å². The van der Waals surface area contributed by atoms with Gasteiger partial charge in [0.2, 0.25) is 11.7 Å². The lowest BCUT2D eigenvalue weighted by Gasteiger charge is -2.23. The van der Waals surface area contributed by atoms with Crippen molar-refractivity contribution in [3.8, 4) is 17.1 Å². The second kappa shape index (κ2) is 7.30. The predicted octanol–water partition coefficient (Wildman–Crippen LogP) is 2.63. The van der Waals surface area contributed by atoms with Gasteiger partial charge >= 0.3 is 0 Å². The van der Waals surface area contributed by atoms with Crippen LogP contribution in [-0.4, -0.2) is 44.9 Å². The molecule has 1 aromatic carbocycles. The molecule has 4 heterocycles. The highest BCUT2D eigenvalue weighted by Crippen LogP contribution is 2.53. The summed E-state index contributed by atoms with van der Waals surface area (Å²) in [5, 5.41) is 12.2. The number of benzene rings is 1. The summed E-state index contributed by atoms with van der Waals surface area (Å²) in [6.07, 6.45) is 5.56. The molecule has 2 N–H and O–H groups in total. The largest absolute Gasteiger partial charge is 0.497 e. The SMILES string of the molecule is COc1ccc(C2(c3nc(-c4cnn5c(C6CCNCC6)cc(=O)[nH]c45)no3)CC2)cc1. The molecule has 0 radical (unpaired) electrons. The van der Waals surface area contributed by atoms with Crippen LogP contribution < -0.4 is 15.6 Å². The number of piperidine rings is 1. The summed E-state index contributed by atoms with van der Waals surface area (Å²) in [6, 6.07) is 9.65. The van der Waals surface area contributed by atoms with E-state index in [1.54, 1.807) is 19.4 Å². The van der Waals surface area contributed by atoms with Crippen molar-refractivity contribution in [2.24, 2.45) is 0 Å². The Morgan fingerprint density at radius 3 is 2.69 bits per heavy atom. The number of aromatic nitrogens is 5. The quantitative estimate of drug-likeness (QED) is 0.499. The minimum atomic E-state index is -0.256. The highest BCUT2D eigenvalue weighted by atomic mass is 16.5. The van der Waals surface area contributed by atoms with E-state index in [0.29, 0.717) is 28.8 Å². The fourth-order valence-corrected chi connectivity index (χ4v) is 4.77. The van der Waals surface area contributed by atoms with Gasteiger partial charge in [-0.1, -0.05) is 17.3 Å². The number of aromatic amines is 1. The maximum Gasteiger partial charge on any atom is 0.251 e. The molecule has 2 fully saturated rings. The third kappa shape index (κ3) is 3.03. The maximum absolute atomic E-state index is 12.5. The number of rotatable bonds is 5. The Balaban J connectivity index is 1.38. The Morgan fingerprint density at radius 2 is 1.97 bits per heavy atom.